The number of rotatable bonds is 3. The molecule has 0 aliphatic carbocycles. The molecule has 1 aromatic carbocycles. The zero-order valence-corrected chi connectivity index (χ0v) is 10.7. The van der Waals surface area contributed by atoms with Crippen molar-refractivity contribution in [3.05, 3.63) is 29.4 Å². The number of nitrogens with zero attached hydrogens (tertiary/aromatic N) is 1. The minimum atomic E-state index is 0.727. The van der Waals surface area contributed by atoms with E-state index in [4.69, 9.17) is 16.3 Å². The van der Waals surface area contributed by atoms with E-state index in [1.165, 1.54) is 0 Å². The fourth-order valence-electron chi connectivity index (χ4n) is 1.55. The molecule has 0 saturated carbocycles. The third-order valence-corrected chi connectivity index (χ3v) is 3.52. The van der Waals surface area contributed by atoms with Crippen molar-refractivity contribution in [1.82, 2.24) is 4.98 Å². The Bertz CT molecular complexity index is 516. The van der Waals surface area contributed by atoms with Crippen LogP contribution in [0, 0.1) is 0 Å². The standard InChI is InChI=1S/C12H12ClNOS/c1-3-16-12-6-8-9(13)4-5-14-10(8)7-11(12)15-2/h4-7H,3H2,1-2H3. The molecule has 0 fully saturated rings. The Hall–Kier alpha value is -0.930. The first-order chi connectivity index (χ1) is 7.76. The zero-order chi connectivity index (χ0) is 11.5. The summed E-state index contributed by atoms with van der Waals surface area (Å²) >= 11 is 7.87. The quantitative estimate of drug-likeness (QED) is 0.772. The smallest absolute Gasteiger partial charge is 0.134 e. The normalized spacial score (nSPS) is 10.7. The van der Waals surface area contributed by atoms with Crippen LogP contribution in [-0.4, -0.2) is 17.8 Å². The van der Waals surface area contributed by atoms with E-state index in [1.807, 2.05) is 12.1 Å². The molecule has 4 heteroatoms. The first kappa shape index (κ1) is 11.6. The predicted molar refractivity (Wildman–Crippen MR) is 69.7 cm³/mol. The van der Waals surface area contributed by atoms with E-state index in [2.05, 4.69) is 11.9 Å². The molecule has 0 aliphatic rings. The van der Waals surface area contributed by atoms with Crippen molar-refractivity contribution in [2.45, 2.75) is 11.8 Å². The molecule has 0 atom stereocenters. The second-order valence-corrected chi connectivity index (χ2v) is 4.96. The molecule has 0 saturated heterocycles. The SMILES string of the molecule is CCSc1cc2c(Cl)ccnc2cc1OC. The third-order valence-electron chi connectivity index (χ3n) is 2.27. The van der Waals surface area contributed by atoms with Crippen molar-refractivity contribution >= 4 is 34.3 Å². The highest BCUT2D eigenvalue weighted by Crippen LogP contribution is 2.34. The molecule has 0 radical (unpaired) electrons. The Balaban J connectivity index is 2.65. The molecule has 0 N–H and O–H groups in total. The maximum Gasteiger partial charge on any atom is 0.134 e. The van der Waals surface area contributed by atoms with E-state index in [1.54, 1.807) is 31.1 Å². The number of ether oxygens (including phenoxy) is 1. The van der Waals surface area contributed by atoms with Crippen LogP contribution in [0.15, 0.2) is 29.3 Å². The van der Waals surface area contributed by atoms with Gasteiger partial charge in [-0.15, -0.1) is 11.8 Å². The molecule has 16 heavy (non-hydrogen) atoms. The van der Waals surface area contributed by atoms with Crippen LogP contribution >= 0.6 is 23.4 Å². The topological polar surface area (TPSA) is 22.1 Å². The van der Waals surface area contributed by atoms with Gasteiger partial charge in [0, 0.05) is 17.6 Å². The van der Waals surface area contributed by atoms with Gasteiger partial charge in [0.2, 0.25) is 0 Å². The highest BCUT2D eigenvalue weighted by atomic mass is 35.5. The van der Waals surface area contributed by atoms with Crippen molar-refractivity contribution in [2.75, 3.05) is 12.9 Å². The van der Waals surface area contributed by atoms with E-state index < -0.39 is 0 Å². The Morgan fingerprint density at radius 1 is 1.44 bits per heavy atom. The van der Waals surface area contributed by atoms with Gasteiger partial charge >= 0.3 is 0 Å². The largest absolute Gasteiger partial charge is 0.496 e. The maximum atomic E-state index is 6.13. The summed E-state index contributed by atoms with van der Waals surface area (Å²) in [6, 6.07) is 5.77. The molecule has 2 aromatic rings. The Morgan fingerprint density at radius 2 is 2.25 bits per heavy atom. The number of benzene rings is 1. The van der Waals surface area contributed by atoms with Gasteiger partial charge in [-0.3, -0.25) is 4.98 Å². The van der Waals surface area contributed by atoms with Crippen molar-refractivity contribution in [3.63, 3.8) is 0 Å². The Morgan fingerprint density at radius 3 is 2.94 bits per heavy atom. The molecule has 1 aromatic heterocycles. The maximum absolute atomic E-state index is 6.13. The van der Waals surface area contributed by atoms with Crippen molar-refractivity contribution in [2.24, 2.45) is 0 Å². The summed E-state index contributed by atoms with van der Waals surface area (Å²) in [5.74, 6) is 1.86. The molecule has 84 valence electrons. The first-order valence-electron chi connectivity index (χ1n) is 5.01. The number of hydrogen-bond acceptors (Lipinski definition) is 3. The van der Waals surface area contributed by atoms with Gasteiger partial charge in [-0.2, -0.15) is 0 Å². The molecular weight excluding hydrogens is 242 g/mol. The van der Waals surface area contributed by atoms with E-state index in [0.29, 0.717) is 0 Å². The van der Waals surface area contributed by atoms with Crippen LogP contribution in [0.1, 0.15) is 6.92 Å². The van der Waals surface area contributed by atoms with Gasteiger partial charge in [0.25, 0.3) is 0 Å². The molecule has 0 unspecified atom stereocenters. The fourth-order valence-corrected chi connectivity index (χ4v) is 2.55. The number of methoxy groups -OCH3 is 1. The molecule has 0 spiro atoms. The van der Waals surface area contributed by atoms with Crippen molar-refractivity contribution in [3.8, 4) is 5.75 Å². The monoisotopic (exact) mass is 253 g/mol. The first-order valence-corrected chi connectivity index (χ1v) is 6.37. The predicted octanol–water partition coefficient (Wildman–Crippen LogP) is 4.01. The average molecular weight is 254 g/mol. The summed E-state index contributed by atoms with van der Waals surface area (Å²) in [6.07, 6.45) is 1.71. The summed E-state index contributed by atoms with van der Waals surface area (Å²) in [5, 5.41) is 1.70. The molecule has 1 heterocycles. The van der Waals surface area contributed by atoms with Crippen LogP contribution in [-0.2, 0) is 0 Å². The van der Waals surface area contributed by atoms with Crippen LogP contribution < -0.4 is 4.74 Å². The molecule has 0 amide bonds. The van der Waals surface area contributed by atoms with Gasteiger partial charge in [-0.1, -0.05) is 18.5 Å². The number of aromatic nitrogens is 1. The Labute approximate surface area is 104 Å². The average Bonchev–Trinajstić information content (AvgIpc) is 2.30. The van der Waals surface area contributed by atoms with Gasteiger partial charge in [0.1, 0.15) is 5.75 Å². The van der Waals surface area contributed by atoms with Gasteiger partial charge in [0.15, 0.2) is 0 Å². The van der Waals surface area contributed by atoms with Crippen LogP contribution in [0.5, 0.6) is 5.75 Å². The number of fused-ring (bicyclic) bond motifs is 1. The number of hydrogen-bond donors (Lipinski definition) is 0. The van der Waals surface area contributed by atoms with Crippen molar-refractivity contribution < 1.29 is 4.74 Å². The third kappa shape index (κ3) is 2.11. The van der Waals surface area contributed by atoms with Crippen LogP contribution in [0.3, 0.4) is 0 Å². The van der Waals surface area contributed by atoms with E-state index in [9.17, 15) is 0 Å². The van der Waals surface area contributed by atoms with E-state index in [-0.39, 0.29) is 0 Å². The molecular formula is C12H12ClNOS. The van der Waals surface area contributed by atoms with Gasteiger partial charge in [-0.25, -0.2) is 0 Å². The molecule has 0 aliphatic heterocycles. The van der Waals surface area contributed by atoms with E-state index >= 15 is 0 Å². The second kappa shape index (κ2) is 4.93. The van der Waals surface area contributed by atoms with Crippen LogP contribution in [0.2, 0.25) is 5.02 Å². The molecule has 2 nitrogen and oxygen atoms in total. The summed E-state index contributed by atoms with van der Waals surface area (Å²) < 4.78 is 5.34. The lowest BCUT2D eigenvalue weighted by atomic mass is 10.2. The minimum Gasteiger partial charge on any atom is -0.496 e. The lowest BCUT2D eigenvalue weighted by Crippen LogP contribution is -1.89. The van der Waals surface area contributed by atoms with Gasteiger partial charge in [0.05, 0.1) is 22.5 Å². The second-order valence-electron chi connectivity index (χ2n) is 3.25. The minimum absolute atomic E-state index is 0.727. The van der Waals surface area contributed by atoms with Crippen LogP contribution in [0.4, 0.5) is 0 Å². The zero-order valence-electron chi connectivity index (χ0n) is 9.16. The van der Waals surface area contributed by atoms with Gasteiger partial charge < -0.3 is 4.74 Å². The van der Waals surface area contributed by atoms with E-state index in [0.717, 1.165) is 32.3 Å². The summed E-state index contributed by atoms with van der Waals surface area (Å²) in [4.78, 5) is 5.38. The Kier molecular flexibility index (Phi) is 3.56. The lowest BCUT2D eigenvalue weighted by Gasteiger charge is -2.09. The highest BCUT2D eigenvalue weighted by Gasteiger charge is 2.08. The lowest BCUT2D eigenvalue weighted by molar-refractivity contribution is 0.405. The number of thioether (sulfide) groups is 1. The highest BCUT2D eigenvalue weighted by molar-refractivity contribution is 7.99. The fraction of sp³-hybridized carbons (Fsp3) is 0.250. The summed E-state index contributed by atoms with van der Waals surface area (Å²) in [7, 11) is 1.67. The summed E-state index contributed by atoms with van der Waals surface area (Å²) in [5.41, 5.74) is 0.866. The molecule has 2 rings (SSSR count). The van der Waals surface area contributed by atoms with Crippen LogP contribution in [0.25, 0.3) is 10.9 Å². The molecule has 0 bridgehead atoms. The van der Waals surface area contributed by atoms with Crippen molar-refractivity contribution in [1.29, 1.82) is 0 Å². The number of halogens is 1. The summed E-state index contributed by atoms with van der Waals surface area (Å²) in [6.45, 7) is 2.11. The number of pyridine rings is 1. The van der Waals surface area contributed by atoms with Gasteiger partial charge in [-0.05, 0) is 17.9 Å².